The topological polar surface area (TPSA) is 103 Å². The zero-order valence-corrected chi connectivity index (χ0v) is 19.2. The van der Waals surface area contributed by atoms with Gasteiger partial charge in [-0.2, -0.15) is 0 Å². The summed E-state index contributed by atoms with van der Waals surface area (Å²) in [7, 11) is 0. The Labute approximate surface area is 184 Å². The Kier molecular flexibility index (Phi) is 9.37. The van der Waals surface area contributed by atoms with Gasteiger partial charge in [0.15, 0.2) is 0 Å². The molecule has 0 saturated heterocycles. The molecule has 0 fully saturated rings. The van der Waals surface area contributed by atoms with Crippen molar-refractivity contribution in [1.29, 1.82) is 0 Å². The predicted octanol–water partition coefficient (Wildman–Crippen LogP) is 3.84. The lowest BCUT2D eigenvalue weighted by Crippen LogP contribution is -2.49. The molecule has 1 aromatic carbocycles. The van der Waals surface area contributed by atoms with Crippen molar-refractivity contribution in [2.75, 3.05) is 13.2 Å². The van der Waals surface area contributed by atoms with Crippen LogP contribution in [0.3, 0.4) is 0 Å². The molecule has 2 rings (SSSR count). The Morgan fingerprint density at radius 1 is 1.16 bits per heavy atom. The SMILES string of the molecule is CCc1ccc2[nH]cc(C[C@H](NC(=O)OC(C)(C)C)C(=O)NCCCCCCO)c2c1. The molecule has 0 aliphatic heterocycles. The van der Waals surface area contributed by atoms with E-state index in [-0.39, 0.29) is 12.5 Å². The first-order valence-electron chi connectivity index (χ1n) is 11.2. The predicted molar refractivity (Wildman–Crippen MR) is 123 cm³/mol. The Morgan fingerprint density at radius 3 is 2.58 bits per heavy atom. The van der Waals surface area contributed by atoms with Crippen LogP contribution < -0.4 is 10.6 Å². The smallest absolute Gasteiger partial charge is 0.408 e. The number of hydrogen-bond donors (Lipinski definition) is 4. The van der Waals surface area contributed by atoms with Gasteiger partial charge in [0.05, 0.1) is 0 Å². The number of aromatic nitrogens is 1. The number of alkyl carbamates (subject to hydrolysis) is 1. The van der Waals surface area contributed by atoms with E-state index in [0.717, 1.165) is 48.6 Å². The van der Waals surface area contributed by atoms with Crippen molar-refractivity contribution in [1.82, 2.24) is 15.6 Å². The van der Waals surface area contributed by atoms with Crippen molar-refractivity contribution < 1.29 is 19.4 Å². The molecule has 31 heavy (non-hydrogen) atoms. The fourth-order valence-corrected chi connectivity index (χ4v) is 3.42. The summed E-state index contributed by atoms with van der Waals surface area (Å²) >= 11 is 0. The highest BCUT2D eigenvalue weighted by atomic mass is 16.6. The molecule has 0 bridgehead atoms. The van der Waals surface area contributed by atoms with E-state index in [4.69, 9.17) is 9.84 Å². The molecule has 2 aromatic rings. The van der Waals surface area contributed by atoms with Gasteiger partial charge in [0, 0.05) is 36.7 Å². The number of aryl methyl sites for hydroxylation is 1. The van der Waals surface area contributed by atoms with Gasteiger partial charge >= 0.3 is 6.09 Å². The van der Waals surface area contributed by atoms with Gasteiger partial charge in [-0.05, 0) is 63.3 Å². The van der Waals surface area contributed by atoms with Gasteiger partial charge in [-0.1, -0.05) is 25.8 Å². The highest BCUT2D eigenvalue weighted by molar-refractivity contribution is 5.88. The molecule has 1 atom stereocenters. The highest BCUT2D eigenvalue weighted by Crippen LogP contribution is 2.22. The van der Waals surface area contributed by atoms with Crippen LogP contribution in [0.1, 0.15) is 64.5 Å². The van der Waals surface area contributed by atoms with E-state index in [9.17, 15) is 9.59 Å². The van der Waals surface area contributed by atoms with Crippen LogP contribution in [-0.4, -0.2) is 46.9 Å². The number of ether oxygens (including phenoxy) is 1. The van der Waals surface area contributed by atoms with Gasteiger partial charge in [0.1, 0.15) is 11.6 Å². The summed E-state index contributed by atoms with van der Waals surface area (Å²) in [6.07, 6.45) is 6.06. The molecule has 0 unspecified atom stereocenters. The van der Waals surface area contributed by atoms with Gasteiger partial charge in [0.2, 0.25) is 5.91 Å². The molecular weight excluding hydrogens is 394 g/mol. The zero-order valence-electron chi connectivity index (χ0n) is 19.2. The van der Waals surface area contributed by atoms with Gasteiger partial charge in [-0.25, -0.2) is 4.79 Å². The van der Waals surface area contributed by atoms with Crippen molar-refractivity contribution in [2.45, 2.75) is 77.9 Å². The van der Waals surface area contributed by atoms with Crippen LogP contribution in [0.2, 0.25) is 0 Å². The lowest BCUT2D eigenvalue weighted by molar-refractivity contribution is -0.123. The third-order valence-electron chi connectivity index (χ3n) is 5.06. The van der Waals surface area contributed by atoms with E-state index in [1.54, 1.807) is 20.8 Å². The molecule has 0 aliphatic carbocycles. The number of aromatic amines is 1. The fourth-order valence-electron chi connectivity index (χ4n) is 3.42. The third-order valence-corrected chi connectivity index (χ3v) is 5.06. The van der Waals surface area contributed by atoms with Crippen molar-refractivity contribution in [2.24, 2.45) is 0 Å². The molecule has 1 aromatic heterocycles. The molecule has 7 heteroatoms. The summed E-state index contributed by atoms with van der Waals surface area (Å²) < 4.78 is 5.37. The first-order valence-corrected chi connectivity index (χ1v) is 11.2. The number of aliphatic hydroxyl groups is 1. The first kappa shape index (κ1) is 24.7. The summed E-state index contributed by atoms with van der Waals surface area (Å²) in [4.78, 5) is 28.5. The number of amides is 2. The Bertz CT molecular complexity index is 854. The monoisotopic (exact) mass is 431 g/mol. The maximum absolute atomic E-state index is 12.9. The summed E-state index contributed by atoms with van der Waals surface area (Å²) in [5.74, 6) is -0.228. The summed E-state index contributed by atoms with van der Waals surface area (Å²) in [6, 6.07) is 5.52. The number of aliphatic hydroxyl groups excluding tert-OH is 1. The first-order chi connectivity index (χ1) is 14.7. The Morgan fingerprint density at radius 2 is 1.90 bits per heavy atom. The van der Waals surface area contributed by atoms with Crippen molar-refractivity contribution in [3.63, 3.8) is 0 Å². The maximum Gasteiger partial charge on any atom is 0.408 e. The lowest BCUT2D eigenvalue weighted by Gasteiger charge is -2.23. The van der Waals surface area contributed by atoms with Crippen molar-refractivity contribution >= 4 is 22.9 Å². The number of carbonyl (C=O) groups excluding carboxylic acids is 2. The van der Waals surface area contributed by atoms with Crippen LogP contribution in [0, 0.1) is 0 Å². The van der Waals surface area contributed by atoms with E-state index >= 15 is 0 Å². The zero-order chi connectivity index (χ0) is 22.9. The minimum absolute atomic E-state index is 0.193. The van der Waals surface area contributed by atoms with Crippen molar-refractivity contribution in [3.8, 4) is 0 Å². The molecule has 172 valence electrons. The second-order valence-electron chi connectivity index (χ2n) is 8.88. The minimum Gasteiger partial charge on any atom is -0.444 e. The molecule has 0 spiro atoms. The Balaban J connectivity index is 2.10. The second kappa shape index (κ2) is 11.7. The van der Waals surface area contributed by atoms with E-state index < -0.39 is 17.7 Å². The maximum atomic E-state index is 12.9. The van der Waals surface area contributed by atoms with Crippen LogP contribution in [0.15, 0.2) is 24.4 Å². The van der Waals surface area contributed by atoms with Crippen LogP contribution in [0.5, 0.6) is 0 Å². The highest BCUT2D eigenvalue weighted by Gasteiger charge is 2.25. The van der Waals surface area contributed by atoms with Gasteiger partial charge in [-0.15, -0.1) is 0 Å². The average molecular weight is 432 g/mol. The number of benzene rings is 1. The normalized spacial score (nSPS) is 12.5. The van der Waals surface area contributed by atoms with Crippen LogP contribution in [0.4, 0.5) is 4.79 Å². The van der Waals surface area contributed by atoms with Crippen LogP contribution >= 0.6 is 0 Å². The number of carbonyl (C=O) groups is 2. The number of fused-ring (bicyclic) bond motifs is 1. The number of nitrogens with one attached hydrogen (secondary N) is 3. The van der Waals surface area contributed by atoms with Gasteiger partial charge in [-0.3, -0.25) is 4.79 Å². The van der Waals surface area contributed by atoms with Gasteiger partial charge < -0.3 is 25.5 Å². The largest absolute Gasteiger partial charge is 0.444 e. The summed E-state index contributed by atoms with van der Waals surface area (Å²) in [5, 5.41) is 15.6. The Hall–Kier alpha value is -2.54. The third kappa shape index (κ3) is 8.25. The molecule has 4 N–H and O–H groups in total. The molecule has 7 nitrogen and oxygen atoms in total. The average Bonchev–Trinajstić information content (AvgIpc) is 3.10. The second-order valence-corrected chi connectivity index (χ2v) is 8.88. The van der Waals surface area contributed by atoms with Crippen LogP contribution in [-0.2, 0) is 22.4 Å². The molecule has 0 radical (unpaired) electrons. The number of unbranched alkanes of at least 4 members (excludes halogenated alkanes) is 3. The molecule has 0 aliphatic rings. The van der Waals surface area contributed by atoms with Crippen LogP contribution in [0.25, 0.3) is 10.9 Å². The fraction of sp³-hybridized carbons (Fsp3) is 0.583. The number of H-pyrrole nitrogens is 1. The van der Waals surface area contributed by atoms with E-state index in [1.165, 1.54) is 5.56 Å². The quantitative estimate of drug-likeness (QED) is 0.406. The lowest BCUT2D eigenvalue weighted by atomic mass is 10.0. The molecular formula is C24H37N3O4. The van der Waals surface area contributed by atoms with E-state index in [2.05, 4.69) is 34.7 Å². The standard InChI is InChI=1S/C24H37N3O4/c1-5-17-10-11-20-19(14-17)18(16-26-20)15-21(27-23(30)31-24(2,3)4)22(29)25-12-8-6-7-9-13-28/h10-11,14,16,21,26,28H,5-9,12-13,15H2,1-4H3,(H,25,29)(H,27,30)/t21-/m0/s1. The molecule has 1 heterocycles. The van der Waals surface area contributed by atoms with Crippen molar-refractivity contribution in [3.05, 3.63) is 35.5 Å². The minimum atomic E-state index is -0.739. The summed E-state index contributed by atoms with van der Waals surface area (Å²) in [5.41, 5.74) is 2.56. The van der Waals surface area contributed by atoms with E-state index in [0.29, 0.717) is 13.0 Å². The number of rotatable bonds is 11. The molecule has 2 amide bonds. The molecule has 0 saturated carbocycles. The number of hydrogen-bond acceptors (Lipinski definition) is 4. The van der Waals surface area contributed by atoms with E-state index in [1.807, 2.05) is 12.3 Å². The summed E-state index contributed by atoms with van der Waals surface area (Å²) in [6.45, 7) is 8.21. The van der Waals surface area contributed by atoms with Gasteiger partial charge in [0.25, 0.3) is 0 Å².